The number of nitrogens with one attached hydrogen (secondary N) is 1. The maximum atomic E-state index is 6.49. The molecule has 0 atom stereocenters. The molecule has 0 bridgehead atoms. The molecule has 1 saturated heterocycles. The van der Waals surface area contributed by atoms with Gasteiger partial charge in [-0.05, 0) is 75.8 Å². The molecule has 0 spiro atoms. The van der Waals surface area contributed by atoms with Gasteiger partial charge in [0.05, 0.1) is 22.7 Å². The minimum Gasteiger partial charge on any atom is -0.492 e. The predicted molar refractivity (Wildman–Crippen MR) is 125 cm³/mol. The second-order valence-electron chi connectivity index (χ2n) is 8.05. The van der Waals surface area contributed by atoms with Crippen molar-refractivity contribution in [2.45, 2.75) is 19.8 Å². The lowest BCUT2D eigenvalue weighted by atomic mass is 10.2. The summed E-state index contributed by atoms with van der Waals surface area (Å²) in [6.45, 7) is 8.33. The first-order valence-electron chi connectivity index (χ1n) is 10.5. The van der Waals surface area contributed by atoms with Gasteiger partial charge in [0, 0.05) is 30.2 Å². The molecule has 1 fully saturated rings. The van der Waals surface area contributed by atoms with E-state index in [4.69, 9.17) is 27.9 Å². The maximum absolute atomic E-state index is 6.49. The average Bonchev–Trinajstić information content (AvgIpc) is 3.00. The molecule has 30 heavy (non-hydrogen) atoms. The molecule has 0 radical (unpaired) electrons. The van der Waals surface area contributed by atoms with Crippen molar-refractivity contribution in [3.63, 3.8) is 0 Å². The number of rotatable bonds is 6. The van der Waals surface area contributed by atoms with Crippen LogP contribution < -0.4 is 4.74 Å². The van der Waals surface area contributed by atoms with Crippen LogP contribution in [0, 0.1) is 6.92 Å². The van der Waals surface area contributed by atoms with Crippen LogP contribution in [0.4, 0.5) is 0 Å². The molecule has 160 valence electrons. The fourth-order valence-corrected chi connectivity index (χ4v) is 4.23. The molecule has 5 nitrogen and oxygen atoms in total. The number of nitrogens with zero attached hydrogens (tertiary/aromatic N) is 3. The first kappa shape index (κ1) is 21.4. The Morgan fingerprint density at radius 3 is 2.77 bits per heavy atom. The zero-order chi connectivity index (χ0) is 21.1. The zero-order valence-corrected chi connectivity index (χ0v) is 19.1. The predicted octanol–water partition coefficient (Wildman–Crippen LogP) is 5.25. The van der Waals surface area contributed by atoms with Gasteiger partial charge in [-0.2, -0.15) is 0 Å². The number of likely N-dealkylation sites (N-methyl/N-ethyl adjacent to an activating group) is 1. The lowest BCUT2D eigenvalue weighted by Crippen LogP contribution is -2.30. The summed E-state index contributed by atoms with van der Waals surface area (Å²) >= 11 is 12.7. The number of hydrogen-bond donors (Lipinski definition) is 1. The molecular weight excluding hydrogens is 419 g/mol. The van der Waals surface area contributed by atoms with E-state index in [9.17, 15) is 0 Å². The van der Waals surface area contributed by atoms with Crippen molar-refractivity contribution >= 4 is 34.2 Å². The van der Waals surface area contributed by atoms with E-state index >= 15 is 0 Å². The average molecular weight is 447 g/mol. The van der Waals surface area contributed by atoms with Crippen LogP contribution in [0.15, 0.2) is 30.3 Å². The first-order chi connectivity index (χ1) is 14.5. The second kappa shape index (κ2) is 9.56. The van der Waals surface area contributed by atoms with E-state index in [1.54, 1.807) is 0 Å². The number of ether oxygens (including phenoxy) is 1. The van der Waals surface area contributed by atoms with Gasteiger partial charge in [-0.3, -0.25) is 0 Å². The van der Waals surface area contributed by atoms with Gasteiger partial charge >= 0.3 is 0 Å². The summed E-state index contributed by atoms with van der Waals surface area (Å²) in [5.41, 5.74) is 3.75. The first-order valence-corrected chi connectivity index (χ1v) is 11.2. The highest BCUT2D eigenvalue weighted by molar-refractivity contribution is 6.32. The summed E-state index contributed by atoms with van der Waals surface area (Å²) in [7, 11) is 2.19. The second-order valence-corrected chi connectivity index (χ2v) is 8.86. The van der Waals surface area contributed by atoms with Crippen LogP contribution in [0.2, 0.25) is 10.0 Å². The number of H-pyrrole nitrogens is 1. The Bertz CT molecular complexity index is 981. The molecule has 1 aliphatic heterocycles. The van der Waals surface area contributed by atoms with Gasteiger partial charge in [0.1, 0.15) is 11.6 Å². The summed E-state index contributed by atoms with van der Waals surface area (Å²) < 4.78 is 5.94. The summed E-state index contributed by atoms with van der Waals surface area (Å²) in [6, 6.07) is 9.69. The van der Waals surface area contributed by atoms with Crippen LogP contribution in [0.1, 0.15) is 18.4 Å². The highest BCUT2D eigenvalue weighted by atomic mass is 35.5. The minimum absolute atomic E-state index is 0.596. The normalized spacial score (nSPS) is 16.1. The van der Waals surface area contributed by atoms with Crippen LogP contribution in [-0.4, -0.2) is 66.1 Å². The molecule has 0 amide bonds. The smallest absolute Gasteiger partial charge is 0.138 e. The van der Waals surface area contributed by atoms with Crippen molar-refractivity contribution in [1.82, 2.24) is 19.8 Å². The largest absolute Gasteiger partial charge is 0.492 e. The molecule has 7 heteroatoms. The molecule has 1 aromatic heterocycles. The molecule has 0 aliphatic carbocycles. The van der Waals surface area contributed by atoms with E-state index < -0.39 is 0 Å². The number of aromatic nitrogens is 2. The zero-order valence-electron chi connectivity index (χ0n) is 17.5. The highest BCUT2D eigenvalue weighted by Crippen LogP contribution is 2.31. The van der Waals surface area contributed by atoms with E-state index in [-0.39, 0.29) is 0 Å². The molecular formula is C23H28Cl2N4O. The number of aryl methyl sites for hydroxylation is 1. The van der Waals surface area contributed by atoms with Gasteiger partial charge in [-0.15, -0.1) is 0 Å². The van der Waals surface area contributed by atoms with Crippen LogP contribution in [0.3, 0.4) is 0 Å². The van der Waals surface area contributed by atoms with Crippen LogP contribution in [-0.2, 0) is 0 Å². The highest BCUT2D eigenvalue weighted by Gasteiger charge is 2.13. The minimum atomic E-state index is 0.596. The third kappa shape index (κ3) is 5.09. The van der Waals surface area contributed by atoms with E-state index in [0.717, 1.165) is 59.1 Å². The van der Waals surface area contributed by atoms with Gasteiger partial charge < -0.3 is 19.5 Å². The third-order valence-electron chi connectivity index (χ3n) is 5.66. The van der Waals surface area contributed by atoms with E-state index in [1.165, 1.54) is 19.5 Å². The van der Waals surface area contributed by atoms with Crippen molar-refractivity contribution in [2.75, 3.05) is 46.4 Å². The molecule has 3 aromatic rings. The number of fused-ring (bicyclic) bond motifs is 1. The van der Waals surface area contributed by atoms with Crippen molar-refractivity contribution < 1.29 is 4.74 Å². The standard InChI is InChI=1S/C23H28Cl2N4O/c1-16-13-20-21(15-18(16)24)27-23(26-20)17-5-6-22(19(25)14-17)30-12-4-9-29-8-3-7-28(2)10-11-29/h5-6,13-15H,3-4,7-12H2,1-2H3,(H,26,27). The molecule has 4 rings (SSSR count). The fourth-order valence-electron chi connectivity index (χ4n) is 3.84. The molecule has 2 aromatic carbocycles. The molecule has 1 aliphatic rings. The Hall–Kier alpha value is -1.79. The Labute approximate surface area is 187 Å². The Kier molecular flexibility index (Phi) is 6.84. The van der Waals surface area contributed by atoms with E-state index in [1.807, 2.05) is 37.3 Å². The van der Waals surface area contributed by atoms with E-state index in [0.29, 0.717) is 17.4 Å². The molecule has 1 N–H and O–H groups in total. The summed E-state index contributed by atoms with van der Waals surface area (Å²) in [4.78, 5) is 12.9. The third-order valence-corrected chi connectivity index (χ3v) is 6.36. The lowest BCUT2D eigenvalue weighted by molar-refractivity contribution is 0.237. The van der Waals surface area contributed by atoms with Crippen LogP contribution >= 0.6 is 23.2 Å². The summed E-state index contributed by atoms with van der Waals surface area (Å²) in [6.07, 6.45) is 2.23. The van der Waals surface area contributed by atoms with Gasteiger partial charge in [-0.1, -0.05) is 23.2 Å². The van der Waals surface area contributed by atoms with Crippen LogP contribution in [0.25, 0.3) is 22.4 Å². The molecule has 0 saturated carbocycles. The monoisotopic (exact) mass is 446 g/mol. The maximum Gasteiger partial charge on any atom is 0.138 e. The van der Waals surface area contributed by atoms with E-state index in [2.05, 4.69) is 26.8 Å². The topological polar surface area (TPSA) is 44.4 Å². The molecule has 2 heterocycles. The fraction of sp³-hybridized carbons (Fsp3) is 0.435. The van der Waals surface area contributed by atoms with Gasteiger partial charge in [0.15, 0.2) is 0 Å². The quantitative estimate of drug-likeness (QED) is 0.524. The van der Waals surface area contributed by atoms with Crippen LogP contribution in [0.5, 0.6) is 5.75 Å². The molecule has 0 unspecified atom stereocenters. The summed E-state index contributed by atoms with van der Waals surface area (Å²) in [5.74, 6) is 1.48. The number of benzene rings is 2. The van der Waals surface area contributed by atoms with Gasteiger partial charge in [0.2, 0.25) is 0 Å². The Balaban J connectivity index is 1.35. The number of halogens is 2. The van der Waals surface area contributed by atoms with Crippen molar-refractivity contribution in [1.29, 1.82) is 0 Å². The van der Waals surface area contributed by atoms with Crippen molar-refractivity contribution in [3.05, 3.63) is 45.9 Å². The van der Waals surface area contributed by atoms with Crippen molar-refractivity contribution in [3.8, 4) is 17.1 Å². The van der Waals surface area contributed by atoms with Gasteiger partial charge in [0.25, 0.3) is 0 Å². The van der Waals surface area contributed by atoms with Crippen molar-refractivity contribution in [2.24, 2.45) is 0 Å². The van der Waals surface area contributed by atoms with Gasteiger partial charge in [-0.25, -0.2) is 4.98 Å². The Morgan fingerprint density at radius 1 is 1.07 bits per heavy atom. The summed E-state index contributed by atoms with van der Waals surface area (Å²) in [5, 5.41) is 1.31. The SMILES string of the molecule is Cc1cc2[nH]c(-c3ccc(OCCCN4CCCN(C)CC4)c(Cl)c3)nc2cc1Cl. The number of imidazole rings is 1. The Morgan fingerprint density at radius 2 is 1.93 bits per heavy atom. The lowest BCUT2D eigenvalue weighted by Gasteiger charge is -2.20. The number of hydrogen-bond acceptors (Lipinski definition) is 4. The number of aromatic amines is 1.